The first-order valence-electron chi connectivity index (χ1n) is 6.61. The number of nitrogens with one attached hydrogen (secondary N) is 1. The van der Waals surface area contributed by atoms with Crippen molar-refractivity contribution in [2.24, 2.45) is 0 Å². The highest BCUT2D eigenvalue weighted by Crippen LogP contribution is 2.34. The van der Waals surface area contributed by atoms with E-state index in [1.165, 1.54) is 25.0 Å². The summed E-state index contributed by atoms with van der Waals surface area (Å²) in [6, 6.07) is 5.26. The van der Waals surface area contributed by atoms with Crippen molar-refractivity contribution in [2.75, 3.05) is 11.9 Å². The van der Waals surface area contributed by atoms with Crippen LogP contribution in [0.5, 0.6) is 0 Å². The minimum atomic E-state index is -0.530. The van der Waals surface area contributed by atoms with Crippen molar-refractivity contribution in [1.82, 2.24) is 4.90 Å². The van der Waals surface area contributed by atoms with Gasteiger partial charge in [-0.3, -0.25) is 4.90 Å². The Balaban J connectivity index is 1.66. The summed E-state index contributed by atoms with van der Waals surface area (Å²) in [6.45, 7) is 3.18. The molecule has 1 saturated carbocycles. The summed E-state index contributed by atoms with van der Waals surface area (Å²) in [5, 5.41) is 3.20. The molecule has 2 fully saturated rings. The van der Waals surface area contributed by atoms with Gasteiger partial charge in [-0.2, -0.15) is 0 Å². The SMILES string of the molecule is CC1CC(Nc2ccc(F)cc2F)CN1C1CC1. The quantitative estimate of drug-likeness (QED) is 0.889. The molecule has 0 aromatic heterocycles. The lowest BCUT2D eigenvalue weighted by molar-refractivity contribution is 0.257. The summed E-state index contributed by atoms with van der Waals surface area (Å²) in [7, 11) is 0. The lowest BCUT2D eigenvalue weighted by Gasteiger charge is -2.20. The van der Waals surface area contributed by atoms with Crippen LogP contribution in [0.2, 0.25) is 0 Å². The number of benzene rings is 1. The van der Waals surface area contributed by atoms with Crippen LogP contribution >= 0.6 is 0 Å². The second-order valence-corrected chi connectivity index (χ2v) is 5.48. The van der Waals surface area contributed by atoms with E-state index in [0.29, 0.717) is 11.7 Å². The van der Waals surface area contributed by atoms with Crippen LogP contribution in [-0.2, 0) is 0 Å². The smallest absolute Gasteiger partial charge is 0.149 e. The van der Waals surface area contributed by atoms with Crippen LogP contribution in [-0.4, -0.2) is 29.6 Å². The number of rotatable bonds is 3. The van der Waals surface area contributed by atoms with Crippen molar-refractivity contribution in [3.63, 3.8) is 0 Å². The van der Waals surface area contributed by atoms with Gasteiger partial charge in [-0.25, -0.2) is 8.78 Å². The van der Waals surface area contributed by atoms with E-state index in [-0.39, 0.29) is 6.04 Å². The van der Waals surface area contributed by atoms with E-state index in [0.717, 1.165) is 25.1 Å². The van der Waals surface area contributed by atoms with Crippen LogP contribution in [0, 0.1) is 11.6 Å². The Morgan fingerprint density at radius 3 is 2.72 bits per heavy atom. The number of nitrogens with zero attached hydrogens (tertiary/aromatic N) is 1. The van der Waals surface area contributed by atoms with Gasteiger partial charge in [0.25, 0.3) is 0 Å². The molecule has 1 saturated heterocycles. The van der Waals surface area contributed by atoms with Gasteiger partial charge in [-0.05, 0) is 38.3 Å². The Kier molecular flexibility index (Phi) is 2.98. The van der Waals surface area contributed by atoms with Crippen LogP contribution < -0.4 is 5.32 Å². The number of anilines is 1. The fraction of sp³-hybridized carbons (Fsp3) is 0.571. The first kappa shape index (κ1) is 11.9. The zero-order valence-corrected chi connectivity index (χ0v) is 10.5. The van der Waals surface area contributed by atoms with Crippen molar-refractivity contribution >= 4 is 5.69 Å². The zero-order chi connectivity index (χ0) is 12.7. The fourth-order valence-corrected chi connectivity index (χ4v) is 2.90. The molecule has 2 atom stereocenters. The summed E-state index contributed by atoms with van der Waals surface area (Å²) < 4.78 is 26.4. The van der Waals surface area contributed by atoms with Crippen LogP contribution in [0.3, 0.4) is 0 Å². The van der Waals surface area contributed by atoms with E-state index in [4.69, 9.17) is 0 Å². The normalized spacial score (nSPS) is 28.6. The van der Waals surface area contributed by atoms with Gasteiger partial charge in [0.15, 0.2) is 0 Å². The van der Waals surface area contributed by atoms with Gasteiger partial charge < -0.3 is 5.32 Å². The van der Waals surface area contributed by atoms with Crippen LogP contribution in [0.15, 0.2) is 18.2 Å². The van der Waals surface area contributed by atoms with Gasteiger partial charge in [-0.15, -0.1) is 0 Å². The molecule has 0 radical (unpaired) electrons. The summed E-state index contributed by atoms with van der Waals surface area (Å²) in [6.07, 6.45) is 3.61. The first-order chi connectivity index (χ1) is 8.63. The third-order valence-corrected chi connectivity index (χ3v) is 3.93. The van der Waals surface area contributed by atoms with E-state index in [1.807, 2.05) is 0 Å². The molecular formula is C14H18F2N2. The average Bonchev–Trinajstić information content (AvgIpc) is 3.08. The van der Waals surface area contributed by atoms with Crippen LogP contribution in [0.25, 0.3) is 0 Å². The third kappa shape index (κ3) is 2.34. The standard InChI is InChI=1S/C14H18F2N2/c1-9-6-11(8-18(9)12-3-4-12)17-14-5-2-10(15)7-13(14)16/h2,5,7,9,11-12,17H,3-4,6,8H2,1H3. The molecule has 3 rings (SSSR count). The molecule has 1 aromatic carbocycles. The molecule has 0 bridgehead atoms. The molecule has 4 heteroatoms. The summed E-state index contributed by atoms with van der Waals surface area (Å²) in [4.78, 5) is 2.50. The molecule has 1 heterocycles. The maximum absolute atomic E-state index is 13.6. The molecule has 98 valence electrons. The van der Waals surface area contributed by atoms with Gasteiger partial charge in [0.1, 0.15) is 11.6 Å². The van der Waals surface area contributed by atoms with Gasteiger partial charge >= 0.3 is 0 Å². The van der Waals surface area contributed by atoms with Crippen molar-refractivity contribution in [3.8, 4) is 0 Å². The Bertz CT molecular complexity index is 445. The third-order valence-electron chi connectivity index (χ3n) is 3.93. The monoisotopic (exact) mass is 252 g/mol. The van der Waals surface area contributed by atoms with Crippen molar-refractivity contribution in [3.05, 3.63) is 29.8 Å². The Morgan fingerprint density at radius 2 is 2.06 bits per heavy atom. The van der Waals surface area contributed by atoms with Gasteiger partial charge in [0, 0.05) is 30.7 Å². The number of hydrogen-bond acceptors (Lipinski definition) is 2. The van der Waals surface area contributed by atoms with Crippen LogP contribution in [0.4, 0.5) is 14.5 Å². The lowest BCUT2D eigenvalue weighted by Crippen LogP contribution is -2.31. The number of likely N-dealkylation sites (tertiary alicyclic amines) is 1. The molecule has 18 heavy (non-hydrogen) atoms. The van der Waals surface area contributed by atoms with E-state index in [1.54, 1.807) is 0 Å². The highest BCUT2D eigenvalue weighted by atomic mass is 19.1. The summed E-state index contributed by atoms with van der Waals surface area (Å²) in [5.41, 5.74) is 0.409. The lowest BCUT2D eigenvalue weighted by atomic mass is 10.2. The average molecular weight is 252 g/mol. The van der Waals surface area contributed by atoms with Gasteiger partial charge in [0.05, 0.1) is 5.69 Å². The number of hydrogen-bond donors (Lipinski definition) is 1. The minimum Gasteiger partial charge on any atom is -0.379 e. The van der Waals surface area contributed by atoms with E-state index in [9.17, 15) is 8.78 Å². The molecule has 2 nitrogen and oxygen atoms in total. The largest absolute Gasteiger partial charge is 0.379 e. The Hall–Kier alpha value is -1.16. The summed E-state index contributed by atoms with van der Waals surface area (Å²) in [5.74, 6) is -1.04. The second-order valence-electron chi connectivity index (χ2n) is 5.48. The Labute approximate surface area is 106 Å². The molecule has 2 aliphatic rings. The highest BCUT2D eigenvalue weighted by molar-refractivity contribution is 5.46. The predicted molar refractivity (Wildman–Crippen MR) is 67.6 cm³/mol. The van der Waals surface area contributed by atoms with E-state index >= 15 is 0 Å². The fourth-order valence-electron chi connectivity index (χ4n) is 2.90. The predicted octanol–water partition coefficient (Wildman–Crippen LogP) is 3.00. The molecule has 0 spiro atoms. The summed E-state index contributed by atoms with van der Waals surface area (Å²) >= 11 is 0. The second kappa shape index (κ2) is 4.50. The number of halogens is 2. The maximum atomic E-state index is 13.6. The van der Waals surface area contributed by atoms with Crippen LogP contribution in [0.1, 0.15) is 26.2 Å². The molecule has 1 N–H and O–H groups in total. The van der Waals surface area contributed by atoms with E-state index in [2.05, 4.69) is 17.1 Å². The molecule has 1 aliphatic carbocycles. The molecular weight excluding hydrogens is 234 g/mol. The van der Waals surface area contributed by atoms with Crippen molar-refractivity contribution < 1.29 is 8.78 Å². The van der Waals surface area contributed by atoms with Crippen molar-refractivity contribution in [1.29, 1.82) is 0 Å². The van der Waals surface area contributed by atoms with Gasteiger partial charge in [0.2, 0.25) is 0 Å². The Morgan fingerprint density at radius 1 is 1.28 bits per heavy atom. The first-order valence-corrected chi connectivity index (χ1v) is 6.61. The van der Waals surface area contributed by atoms with Crippen molar-refractivity contribution in [2.45, 2.75) is 44.3 Å². The minimum absolute atomic E-state index is 0.264. The van der Waals surface area contributed by atoms with Gasteiger partial charge in [-0.1, -0.05) is 0 Å². The van der Waals surface area contributed by atoms with E-state index < -0.39 is 11.6 Å². The zero-order valence-electron chi connectivity index (χ0n) is 10.5. The molecule has 1 aliphatic heterocycles. The molecule has 0 amide bonds. The maximum Gasteiger partial charge on any atom is 0.149 e. The molecule has 2 unspecified atom stereocenters. The highest BCUT2D eigenvalue weighted by Gasteiger charge is 2.38. The topological polar surface area (TPSA) is 15.3 Å². The molecule has 1 aromatic rings.